The largest absolute Gasteiger partial charge is 0.443 e. The number of aromatic nitrogens is 1. The highest BCUT2D eigenvalue weighted by molar-refractivity contribution is 7.11. The van der Waals surface area contributed by atoms with Gasteiger partial charge >= 0.3 is 6.18 Å². The van der Waals surface area contributed by atoms with Crippen LogP contribution in [0, 0.1) is 0 Å². The Morgan fingerprint density at radius 2 is 2.00 bits per heavy atom. The second-order valence-electron chi connectivity index (χ2n) is 3.88. The molecule has 0 aliphatic rings. The third kappa shape index (κ3) is 3.46. The number of thiazole rings is 1. The van der Waals surface area contributed by atoms with Crippen molar-refractivity contribution in [2.45, 2.75) is 18.7 Å². The maximum Gasteiger partial charge on any atom is 0.443 e. The first-order chi connectivity index (χ1) is 8.88. The molecule has 1 aromatic carbocycles. The highest BCUT2D eigenvalue weighted by atomic mass is 35.5. The summed E-state index contributed by atoms with van der Waals surface area (Å²) < 4.78 is 37.2. The lowest BCUT2D eigenvalue weighted by atomic mass is 10.1. The molecule has 0 aliphatic heterocycles. The monoisotopic (exact) mass is 307 g/mol. The van der Waals surface area contributed by atoms with Crippen molar-refractivity contribution in [3.05, 3.63) is 50.9 Å². The van der Waals surface area contributed by atoms with Crippen LogP contribution in [0.5, 0.6) is 0 Å². The fourth-order valence-corrected chi connectivity index (χ4v) is 2.53. The SMILES string of the molecule is OC(Cc1ccccc1Cl)c1cnc(C(F)(F)F)s1. The molecule has 0 fully saturated rings. The molecule has 0 amide bonds. The third-order valence-corrected chi connectivity index (χ3v) is 3.98. The average molecular weight is 308 g/mol. The second-order valence-corrected chi connectivity index (χ2v) is 5.35. The molecule has 0 saturated heterocycles. The maximum atomic E-state index is 12.4. The summed E-state index contributed by atoms with van der Waals surface area (Å²) in [5, 5.41) is 9.44. The lowest BCUT2D eigenvalue weighted by Gasteiger charge is -2.09. The minimum atomic E-state index is -4.48. The molecule has 1 heterocycles. The Bertz CT molecular complexity index is 570. The molecule has 2 nitrogen and oxygen atoms in total. The maximum absolute atomic E-state index is 12.4. The van der Waals surface area contributed by atoms with Crippen molar-refractivity contribution in [2.75, 3.05) is 0 Å². The number of benzene rings is 1. The van der Waals surface area contributed by atoms with Crippen LogP contribution < -0.4 is 0 Å². The molecule has 1 atom stereocenters. The molecular formula is C12H9ClF3NOS. The van der Waals surface area contributed by atoms with Crippen LogP contribution in [0.25, 0.3) is 0 Å². The van der Waals surface area contributed by atoms with E-state index in [2.05, 4.69) is 4.98 Å². The van der Waals surface area contributed by atoms with E-state index in [1.54, 1.807) is 24.3 Å². The number of hydrogen-bond donors (Lipinski definition) is 1. The van der Waals surface area contributed by atoms with E-state index in [-0.39, 0.29) is 11.3 Å². The Morgan fingerprint density at radius 1 is 1.32 bits per heavy atom. The van der Waals surface area contributed by atoms with Crippen molar-refractivity contribution < 1.29 is 18.3 Å². The molecule has 1 unspecified atom stereocenters. The van der Waals surface area contributed by atoms with Crippen molar-refractivity contribution in [3.63, 3.8) is 0 Å². The predicted octanol–water partition coefficient (Wildman–Crippen LogP) is 4.09. The Hall–Kier alpha value is -1.11. The van der Waals surface area contributed by atoms with Crippen LogP contribution in [-0.2, 0) is 12.6 Å². The summed E-state index contributed by atoms with van der Waals surface area (Å²) in [6.07, 6.45) is -4.32. The van der Waals surface area contributed by atoms with Crippen LogP contribution in [0.4, 0.5) is 13.2 Å². The fourth-order valence-electron chi connectivity index (χ4n) is 1.54. The number of aliphatic hydroxyl groups is 1. The van der Waals surface area contributed by atoms with Gasteiger partial charge in [0.05, 0.1) is 11.0 Å². The van der Waals surface area contributed by atoms with Gasteiger partial charge in [-0.15, -0.1) is 11.3 Å². The van der Waals surface area contributed by atoms with E-state index in [4.69, 9.17) is 11.6 Å². The topological polar surface area (TPSA) is 33.1 Å². The summed E-state index contributed by atoms with van der Waals surface area (Å²) in [6.45, 7) is 0. The summed E-state index contributed by atoms with van der Waals surface area (Å²) in [6, 6.07) is 6.88. The van der Waals surface area contributed by atoms with Crippen molar-refractivity contribution in [1.82, 2.24) is 4.98 Å². The molecule has 2 rings (SSSR count). The van der Waals surface area contributed by atoms with Crippen LogP contribution in [0.15, 0.2) is 30.5 Å². The molecule has 0 bridgehead atoms. The molecule has 102 valence electrons. The molecule has 1 N–H and O–H groups in total. The highest BCUT2D eigenvalue weighted by Crippen LogP contribution is 2.35. The van der Waals surface area contributed by atoms with Gasteiger partial charge in [-0.2, -0.15) is 13.2 Å². The molecule has 19 heavy (non-hydrogen) atoms. The summed E-state index contributed by atoms with van der Waals surface area (Å²) in [7, 11) is 0. The average Bonchev–Trinajstić information content (AvgIpc) is 2.81. The van der Waals surface area contributed by atoms with Crippen molar-refractivity contribution >= 4 is 22.9 Å². The number of aliphatic hydroxyl groups excluding tert-OH is 1. The van der Waals surface area contributed by atoms with Gasteiger partial charge < -0.3 is 5.11 Å². The number of hydrogen-bond acceptors (Lipinski definition) is 3. The molecule has 1 aromatic heterocycles. The van der Waals surface area contributed by atoms with Crippen LogP contribution in [0.3, 0.4) is 0 Å². The number of rotatable bonds is 3. The van der Waals surface area contributed by atoms with E-state index in [1.807, 2.05) is 0 Å². The van der Waals surface area contributed by atoms with Gasteiger partial charge in [0.25, 0.3) is 0 Å². The second kappa shape index (κ2) is 5.48. The van der Waals surface area contributed by atoms with Gasteiger partial charge in [-0.3, -0.25) is 0 Å². The summed E-state index contributed by atoms with van der Waals surface area (Å²) >= 11 is 6.37. The quantitative estimate of drug-likeness (QED) is 0.926. The van der Waals surface area contributed by atoms with Crippen molar-refractivity contribution in [3.8, 4) is 0 Å². The van der Waals surface area contributed by atoms with E-state index in [9.17, 15) is 18.3 Å². The Balaban J connectivity index is 2.15. The predicted molar refractivity (Wildman–Crippen MR) is 67.2 cm³/mol. The smallest absolute Gasteiger partial charge is 0.387 e. The van der Waals surface area contributed by atoms with E-state index in [0.717, 1.165) is 6.20 Å². The van der Waals surface area contributed by atoms with Gasteiger partial charge in [0.15, 0.2) is 5.01 Å². The van der Waals surface area contributed by atoms with Crippen LogP contribution in [0.2, 0.25) is 5.02 Å². The van der Waals surface area contributed by atoms with Crippen molar-refractivity contribution in [1.29, 1.82) is 0 Å². The number of nitrogens with zero attached hydrogens (tertiary/aromatic N) is 1. The van der Waals surface area contributed by atoms with Crippen LogP contribution >= 0.6 is 22.9 Å². The first-order valence-electron chi connectivity index (χ1n) is 5.32. The molecular weight excluding hydrogens is 299 g/mol. The molecule has 7 heteroatoms. The van der Waals surface area contributed by atoms with Crippen LogP contribution in [0.1, 0.15) is 21.6 Å². The van der Waals surface area contributed by atoms with Gasteiger partial charge in [0.2, 0.25) is 0 Å². The van der Waals surface area contributed by atoms with Gasteiger partial charge in [-0.1, -0.05) is 29.8 Å². The number of alkyl halides is 3. The van der Waals surface area contributed by atoms with E-state index in [0.29, 0.717) is 21.9 Å². The standard InChI is InChI=1S/C12H9ClF3NOS/c13-8-4-2-1-3-7(8)5-9(18)10-6-17-11(19-10)12(14,15)16/h1-4,6,9,18H,5H2. The zero-order valence-electron chi connectivity index (χ0n) is 9.49. The van der Waals surface area contributed by atoms with E-state index >= 15 is 0 Å². The fraction of sp³-hybridized carbons (Fsp3) is 0.250. The normalized spacial score (nSPS) is 13.5. The summed E-state index contributed by atoms with van der Waals surface area (Å²) in [5.74, 6) is 0. The third-order valence-electron chi connectivity index (χ3n) is 2.47. The van der Waals surface area contributed by atoms with Gasteiger partial charge in [0, 0.05) is 17.6 Å². The first kappa shape index (κ1) is 14.3. The van der Waals surface area contributed by atoms with E-state index < -0.39 is 17.3 Å². The first-order valence-corrected chi connectivity index (χ1v) is 6.52. The molecule has 0 saturated carbocycles. The molecule has 2 aromatic rings. The Kier molecular flexibility index (Phi) is 4.13. The molecule has 0 aliphatic carbocycles. The van der Waals surface area contributed by atoms with E-state index in [1.165, 1.54) is 0 Å². The van der Waals surface area contributed by atoms with Gasteiger partial charge in [-0.05, 0) is 11.6 Å². The lowest BCUT2D eigenvalue weighted by Crippen LogP contribution is -2.03. The highest BCUT2D eigenvalue weighted by Gasteiger charge is 2.35. The summed E-state index contributed by atoms with van der Waals surface area (Å²) in [5.41, 5.74) is 0.679. The Morgan fingerprint density at radius 3 is 2.58 bits per heavy atom. The zero-order chi connectivity index (χ0) is 14.0. The van der Waals surface area contributed by atoms with Crippen LogP contribution in [-0.4, -0.2) is 10.1 Å². The Labute approximate surface area is 116 Å². The zero-order valence-corrected chi connectivity index (χ0v) is 11.1. The van der Waals surface area contributed by atoms with Crippen molar-refractivity contribution in [2.24, 2.45) is 0 Å². The lowest BCUT2D eigenvalue weighted by molar-refractivity contribution is -0.137. The van der Waals surface area contributed by atoms with Gasteiger partial charge in [-0.25, -0.2) is 4.98 Å². The molecule has 0 radical (unpaired) electrons. The summed E-state index contributed by atoms with van der Waals surface area (Å²) in [4.78, 5) is 3.45. The minimum Gasteiger partial charge on any atom is -0.387 e. The minimum absolute atomic E-state index is 0.152. The number of halogens is 4. The van der Waals surface area contributed by atoms with Gasteiger partial charge in [0.1, 0.15) is 0 Å². The molecule has 0 spiro atoms.